The van der Waals surface area contributed by atoms with Gasteiger partial charge in [-0.05, 0) is 29.8 Å². The van der Waals surface area contributed by atoms with Gasteiger partial charge in [-0.3, -0.25) is 0 Å². The summed E-state index contributed by atoms with van der Waals surface area (Å²) in [7, 11) is -3.10. The molecule has 0 aromatic heterocycles. The molecule has 0 amide bonds. The van der Waals surface area contributed by atoms with E-state index < -0.39 is 9.84 Å². The fraction of sp³-hybridized carbons (Fsp3) is 0.143. The first-order valence-corrected chi connectivity index (χ1v) is 8.40. The van der Waals surface area contributed by atoms with E-state index in [1.54, 1.807) is 23.9 Å². The summed E-state index contributed by atoms with van der Waals surface area (Å²) in [5.74, 6) is 0.888. The highest BCUT2D eigenvalue weighted by molar-refractivity contribution is 7.98. The molecule has 0 N–H and O–H groups in total. The summed E-state index contributed by atoms with van der Waals surface area (Å²) in [4.78, 5) is 1.44. The molecule has 18 heavy (non-hydrogen) atoms. The van der Waals surface area contributed by atoms with Crippen LogP contribution in [-0.4, -0.2) is 14.7 Å². The normalized spacial score (nSPS) is 11.4. The van der Waals surface area contributed by atoms with Gasteiger partial charge in [-0.1, -0.05) is 30.3 Å². The molecule has 0 fully saturated rings. The molecule has 0 radical (unpaired) electrons. The van der Waals surface area contributed by atoms with E-state index in [2.05, 4.69) is 12.1 Å². The molecule has 2 aromatic rings. The molecule has 0 saturated carbocycles. The lowest BCUT2D eigenvalue weighted by Gasteiger charge is -2.03. The zero-order valence-corrected chi connectivity index (χ0v) is 11.7. The molecule has 0 atom stereocenters. The standard InChI is InChI=1S/C14H14O2S2/c1-18(15,16)14-9-7-13(8-10-14)17-11-12-5-3-2-4-6-12/h2-10H,11H2,1H3. The van der Waals surface area contributed by atoms with Crippen molar-refractivity contribution < 1.29 is 8.42 Å². The Morgan fingerprint density at radius 2 is 1.56 bits per heavy atom. The van der Waals surface area contributed by atoms with Crippen LogP contribution in [0.1, 0.15) is 5.56 Å². The molecule has 0 saturated heterocycles. The van der Waals surface area contributed by atoms with Gasteiger partial charge < -0.3 is 0 Å². The van der Waals surface area contributed by atoms with E-state index in [4.69, 9.17) is 0 Å². The third-order valence-corrected chi connectivity index (χ3v) is 4.71. The summed E-state index contributed by atoms with van der Waals surface area (Å²) in [5.41, 5.74) is 1.26. The van der Waals surface area contributed by atoms with Gasteiger partial charge in [0, 0.05) is 16.9 Å². The Kier molecular flexibility index (Phi) is 4.09. The van der Waals surface area contributed by atoms with Crippen LogP contribution in [0.3, 0.4) is 0 Å². The fourth-order valence-corrected chi connectivity index (χ4v) is 3.01. The van der Waals surface area contributed by atoms with E-state index in [-0.39, 0.29) is 0 Å². The van der Waals surface area contributed by atoms with Crippen molar-refractivity contribution in [3.63, 3.8) is 0 Å². The molecule has 0 heterocycles. The number of thioether (sulfide) groups is 1. The average Bonchev–Trinajstić information content (AvgIpc) is 2.37. The number of rotatable bonds is 4. The molecule has 0 aliphatic rings. The lowest BCUT2D eigenvalue weighted by atomic mass is 10.2. The zero-order chi connectivity index (χ0) is 13.0. The molecule has 0 unspecified atom stereocenters. The van der Waals surface area contributed by atoms with Gasteiger partial charge in [0.25, 0.3) is 0 Å². The molecule has 2 aromatic carbocycles. The van der Waals surface area contributed by atoms with Gasteiger partial charge in [0.15, 0.2) is 9.84 Å². The summed E-state index contributed by atoms with van der Waals surface area (Å²) in [6, 6.07) is 17.2. The topological polar surface area (TPSA) is 34.1 Å². The van der Waals surface area contributed by atoms with Crippen LogP contribution in [0.15, 0.2) is 64.4 Å². The quantitative estimate of drug-likeness (QED) is 0.804. The first-order chi connectivity index (χ1) is 8.55. The van der Waals surface area contributed by atoms with E-state index >= 15 is 0 Å². The molecule has 0 spiro atoms. The van der Waals surface area contributed by atoms with E-state index in [9.17, 15) is 8.42 Å². The second-order valence-electron chi connectivity index (χ2n) is 4.02. The van der Waals surface area contributed by atoms with Crippen LogP contribution in [0, 0.1) is 0 Å². The van der Waals surface area contributed by atoms with Crippen LogP contribution < -0.4 is 0 Å². The van der Waals surface area contributed by atoms with Gasteiger partial charge in [-0.2, -0.15) is 0 Å². The average molecular weight is 278 g/mol. The van der Waals surface area contributed by atoms with E-state index in [1.807, 2.05) is 30.3 Å². The largest absolute Gasteiger partial charge is 0.224 e. The van der Waals surface area contributed by atoms with Crippen molar-refractivity contribution in [2.45, 2.75) is 15.5 Å². The minimum atomic E-state index is -3.10. The lowest BCUT2D eigenvalue weighted by Crippen LogP contribution is -1.95. The molecule has 0 bridgehead atoms. The van der Waals surface area contributed by atoms with Gasteiger partial charge in [-0.25, -0.2) is 8.42 Å². The van der Waals surface area contributed by atoms with Gasteiger partial charge in [0.05, 0.1) is 4.90 Å². The third-order valence-electron chi connectivity index (χ3n) is 2.50. The van der Waals surface area contributed by atoms with Crippen molar-refractivity contribution in [1.82, 2.24) is 0 Å². The van der Waals surface area contributed by atoms with E-state index in [1.165, 1.54) is 11.8 Å². The van der Waals surface area contributed by atoms with E-state index in [0.717, 1.165) is 10.6 Å². The van der Waals surface area contributed by atoms with Crippen molar-refractivity contribution >= 4 is 21.6 Å². The highest BCUT2D eigenvalue weighted by atomic mass is 32.2. The van der Waals surface area contributed by atoms with Crippen molar-refractivity contribution in [1.29, 1.82) is 0 Å². The summed E-state index contributed by atoms with van der Waals surface area (Å²) in [6.07, 6.45) is 1.22. The van der Waals surface area contributed by atoms with Gasteiger partial charge in [-0.15, -0.1) is 11.8 Å². The Balaban J connectivity index is 2.03. The van der Waals surface area contributed by atoms with Crippen LogP contribution in [0.5, 0.6) is 0 Å². The Morgan fingerprint density at radius 1 is 0.944 bits per heavy atom. The number of hydrogen-bond acceptors (Lipinski definition) is 3. The maximum absolute atomic E-state index is 11.3. The van der Waals surface area contributed by atoms with Crippen LogP contribution in [0.25, 0.3) is 0 Å². The van der Waals surface area contributed by atoms with Gasteiger partial charge in [0.2, 0.25) is 0 Å². The van der Waals surface area contributed by atoms with Crippen molar-refractivity contribution in [3.05, 3.63) is 60.2 Å². The first kappa shape index (κ1) is 13.2. The highest BCUT2D eigenvalue weighted by Crippen LogP contribution is 2.23. The maximum atomic E-state index is 11.3. The first-order valence-electron chi connectivity index (χ1n) is 5.52. The number of sulfone groups is 1. The molecular weight excluding hydrogens is 264 g/mol. The molecule has 2 nitrogen and oxygen atoms in total. The molecule has 2 rings (SSSR count). The van der Waals surface area contributed by atoms with Crippen LogP contribution >= 0.6 is 11.8 Å². The van der Waals surface area contributed by atoms with Gasteiger partial charge in [0.1, 0.15) is 0 Å². The Bertz CT molecular complexity index is 602. The minimum absolute atomic E-state index is 0.367. The van der Waals surface area contributed by atoms with Crippen molar-refractivity contribution in [2.24, 2.45) is 0 Å². The second kappa shape index (κ2) is 5.59. The molecule has 0 aliphatic carbocycles. The van der Waals surface area contributed by atoms with Crippen LogP contribution in [0.4, 0.5) is 0 Å². The lowest BCUT2D eigenvalue weighted by molar-refractivity contribution is 0.602. The maximum Gasteiger partial charge on any atom is 0.175 e. The van der Waals surface area contributed by atoms with Crippen molar-refractivity contribution in [2.75, 3.05) is 6.26 Å². The molecule has 4 heteroatoms. The van der Waals surface area contributed by atoms with Gasteiger partial charge >= 0.3 is 0 Å². The third kappa shape index (κ3) is 3.62. The predicted molar refractivity (Wildman–Crippen MR) is 75.6 cm³/mol. The molecule has 0 aliphatic heterocycles. The Hall–Kier alpha value is -1.26. The number of hydrogen-bond donors (Lipinski definition) is 0. The van der Waals surface area contributed by atoms with Crippen molar-refractivity contribution in [3.8, 4) is 0 Å². The fourth-order valence-electron chi connectivity index (χ4n) is 1.52. The predicted octanol–water partition coefficient (Wildman–Crippen LogP) is 3.38. The van der Waals surface area contributed by atoms with Crippen LogP contribution in [-0.2, 0) is 15.6 Å². The van der Waals surface area contributed by atoms with E-state index in [0.29, 0.717) is 4.90 Å². The summed E-state index contributed by atoms with van der Waals surface area (Å²) in [6.45, 7) is 0. The summed E-state index contributed by atoms with van der Waals surface area (Å²) in [5, 5.41) is 0. The summed E-state index contributed by atoms with van der Waals surface area (Å²) >= 11 is 1.70. The monoisotopic (exact) mass is 278 g/mol. The highest BCUT2D eigenvalue weighted by Gasteiger charge is 2.06. The molecular formula is C14H14O2S2. The second-order valence-corrected chi connectivity index (χ2v) is 7.08. The number of benzene rings is 2. The van der Waals surface area contributed by atoms with Crippen LogP contribution in [0.2, 0.25) is 0 Å². The Labute approximate surface area is 112 Å². The minimum Gasteiger partial charge on any atom is -0.224 e. The molecule has 94 valence electrons. The summed E-state index contributed by atoms with van der Waals surface area (Å²) < 4.78 is 22.6. The zero-order valence-electron chi connectivity index (χ0n) is 10.0. The Morgan fingerprint density at radius 3 is 2.11 bits per heavy atom. The SMILES string of the molecule is CS(=O)(=O)c1ccc(SCc2ccccc2)cc1. The smallest absolute Gasteiger partial charge is 0.175 e.